The van der Waals surface area contributed by atoms with Gasteiger partial charge in [0.2, 0.25) is 0 Å². The molecule has 10 aliphatic rings. The van der Waals surface area contributed by atoms with Crippen molar-refractivity contribution in [2.24, 2.45) is 0 Å². The number of ether oxygens (including phenoxy) is 3. The van der Waals surface area contributed by atoms with Crippen LogP contribution in [0.25, 0.3) is 0 Å². The molecular weight excluding hydrogens is 1080 g/mol. The smallest absolute Gasteiger partial charge is 0.0707 e. The first-order chi connectivity index (χ1) is 40.4. The predicted molar refractivity (Wildman–Crippen MR) is 385 cm³/mol. The molecule has 0 spiro atoms. The van der Waals surface area contributed by atoms with E-state index in [1.807, 2.05) is 0 Å². The number of rotatable bonds is 0. The van der Waals surface area contributed by atoms with Crippen molar-refractivity contribution >= 4 is 0 Å². The highest BCUT2D eigenvalue weighted by atomic mass is 16.5. The van der Waals surface area contributed by atoms with Crippen LogP contribution in [0.5, 0.6) is 0 Å². The van der Waals surface area contributed by atoms with Crippen LogP contribution in [0.1, 0.15) is 316 Å². The summed E-state index contributed by atoms with van der Waals surface area (Å²) in [6, 6.07) is 3.43. The highest BCUT2D eigenvalue weighted by Crippen LogP contribution is 2.40. The van der Waals surface area contributed by atoms with Crippen LogP contribution in [0, 0.1) is 0 Å². The zero-order valence-corrected chi connectivity index (χ0v) is 64.8. The van der Waals surface area contributed by atoms with E-state index in [1.54, 1.807) is 0 Å². The normalized spacial score (nSPS) is 29.9. The maximum absolute atomic E-state index is 5.78. The molecule has 11 heteroatoms. The Balaban J connectivity index is 0.000000263. The van der Waals surface area contributed by atoms with E-state index in [9.17, 15) is 0 Å². The van der Waals surface area contributed by atoms with Crippen LogP contribution >= 0.6 is 0 Å². The van der Waals surface area contributed by atoms with Gasteiger partial charge >= 0.3 is 0 Å². The van der Waals surface area contributed by atoms with E-state index in [4.69, 9.17) is 14.2 Å². The number of morpholine rings is 3. The first-order valence-electron chi connectivity index (χ1n) is 37.3. The van der Waals surface area contributed by atoms with Gasteiger partial charge in [-0.1, -0.05) is 32.1 Å². The molecule has 0 saturated carbocycles. The van der Waals surface area contributed by atoms with Gasteiger partial charge in [-0.05, 0) is 323 Å². The molecule has 10 heterocycles. The van der Waals surface area contributed by atoms with Crippen molar-refractivity contribution in [1.82, 2.24) is 39.2 Å². The van der Waals surface area contributed by atoms with Crippen LogP contribution in [-0.2, 0) is 14.2 Å². The van der Waals surface area contributed by atoms with Crippen molar-refractivity contribution in [3.8, 4) is 0 Å². The van der Waals surface area contributed by atoms with E-state index in [2.05, 4.69) is 233 Å². The standard InChI is InChI=1S/C11H21N.C10H19NO.2C10H21N.2C9H19NO.2C9H19N/c1-11(2,3)12-9-5-4-6-10(12)8-7-9;1-10(2,3)11-6-8-4-5-9(7-11)12-8;2*1-9-7-5-6-8-11(9)10(2,3)4;2*1-8-7-10(5-6-11-8)9(2,3)4;2*1-9(2,3)10-7-5-4-6-8-10/h9-10H,4-8H2,1-3H3;8-9H,4-7H2,1-3H3;2*9H,5-8H2,1-4H3;2*8H,5-7H2,1-4H3;2*4-8H2,1-3H3/t;;2*9-;2*8-;;/m..1010../s1. The molecule has 88 heavy (non-hydrogen) atoms. The fraction of sp³-hybridized carbons (Fsp3) is 1.00. The summed E-state index contributed by atoms with van der Waals surface area (Å²) < 4.78 is 16.7. The number of nitrogens with zero attached hydrogens (tertiary/aromatic N) is 8. The zero-order chi connectivity index (χ0) is 66.7. The summed E-state index contributed by atoms with van der Waals surface area (Å²) in [6.07, 6.45) is 28.6. The summed E-state index contributed by atoms with van der Waals surface area (Å²) in [6.45, 7) is 80.4. The van der Waals surface area contributed by atoms with Gasteiger partial charge in [0.25, 0.3) is 0 Å². The van der Waals surface area contributed by atoms with Gasteiger partial charge in [0.15, 0.2) is 0 Å². The minimum absolute atomic E-state index is 0.304. The molecule has 4 unspecified atom stereocenters. The summed E-state index contributed by atoms with van der Waals surface area (Å²) in [7, 11) is 0. The summed E-state index contributed by atoms with van der Waals surface area (Å²) in [5, 5.41) is 0. The third kappa shape index (κ3) is 30.5. The van der Waals surface area contributed by atoms with Crippen LogP contribution in [0.15, 0.2) is 0 Å². The lowest BCUT2D eigenvalue weighted by molar-refractivity contribution is -0.0668. The van der Waals surface area contributed by atoms with Gasteiger partial charge in [-0.3, -0.25) is 39.2 Å². The monoisotopic (exact) mass is 1240 g/mol. The summed E-state index contributed by atoms with van der Waals surface area (Å²) >= 11 is 0. The van der Waals surface area contributed by atoms with E-state index < -0.39 is 0 Å². The molecule has 10 fully saturated rings. The van der Waals surface area contributed by atoms with Crippen molar-refractivity contribution in [2.45, 2.75) is 409 Å². The Hall–Kier alpha value is -0.440. The van der Waals surface area contributed by atoms with Gasteiger partial charge in [0.05, 0.1) is 37.6 Å². The molecule has 0 radical (unpaired) electrons. The molecule has 524 valence electrons. The first-order valence-corrected chi connectivity index (χ1v) is 37.3. The highest BCUT2D eigenvalue weighted by Gasteiger charge is 2.42. The predicted octanol–water partition coefficient (Wildman–Crippen LogP) is 17.3. The van der Waals surface area contributed by atoms with Gasteiger partial charge < -0.3 is 14.2 Å². The zero-order valence-electron chi connectivity index (χ0n) is 64.8. The summed E-state index contributed by atoms with van der Waals surface area (Å²) in [5.74, 6) is 0. The molecule has 0 aromatic heterocycles. The van der Waals surface area contributed by atoms with E-state index in [0.717, 1.165) is 76.6 Å². The Labute approximate surface area is 551 Å². The van der Waals surface area contributed by atoms with Crippen molar-refractivity contribution in [3.63, 3.8) is 0 Å². The topological polar surface area (TPSA) is 53.6 Å². The Morgan fingerprint density at radius 1 is 0.261 bits per heavy atom. The van der Waals surface area contributed by atoms with Crippen LogP contribution in [0.2, 0.25) is 0 Å². The van der Waals surface area contributed by atoms with Gasteiger partial charge in [-0.2, -0.15) is 0 Å². The third-order valence-electron chi connectivity index (χ3n) is 20.8. The molecule has 0 aromatic rings. The fourth-order valence-electron chi connectivity index (χ4n) is 15.5. The van der Waals surface area contributed by atoms with E-state index in [0.29, 0.717) is 68.7 Å². The van der Waals surface area contributed by atoms with E-state index in [-0.39, 0.29) is 0 Å². The lowest BCUT2D eigenvalue weighted by Crippen LogP contribution is -2.51. The van der Waals surface area contributed by atoms with Gasteiger partial charge in [-0.25, -0.2) is 0 Å². The molecular formula is C77H158N8O3. The maximum Gasteiger partial charge on any atom is 0.0707 e. The molecule has 8 atom stereocenters. The molecule has 0 aromatic carbocycles. The number of hydrogen-bond acceptors (Lipinski definition) is 11. The second kappa shape index (κ2) is 36.6. The minimum Gasteiger partial charge on any atom is -0.376 e. The number of piperidine rings is 5. The minimum atomic E-state index is 0.304. The molecule has 0 amide bonds. The average Bonchev–Trinajstić information content (AvgIpc) is 3.88. The molecule has 0 aliphatic carbocycles. The van der Waals surface area contributed by atoms with Crippen molar-refractivity contribution < 1.29 is 14.2 Å². The molecule has 11 nitrogen and oxygen atoms in total. The van der Waals surface area contributed by atoms with Gasteiger partial charge in [-0.15, -0.1) is 0 Å². The van der Waals surface area contributed by atoms with Crippen LogP contribution in [0.3, 0.4) is 0 Å². The van der Waals surface area contributed by atoms with Gasteiger partial charge in [0, 0.05) is 108 Å². The molecule has 0 N–H and O–H groups in total. The Morgan fingerprint density at radius 2 is 0.580 bits per heavy atom. The van der Waals surface area contributed by atoms with Crippen LogP contribution in [0.4, 0.5) is 0 Å². The molecule has 10 aliphatic heterocycles. The fourth-order valence-corrected chi connectivity index (χ4v) is 15.5. The lowest BCUT2D eigenvalue weighted by Gasteiger charge is -2.44. The highest BCUT2D eigenvalue weighted by molar-refractivity contribution is 4.98. The van der Waals surface area contributed by atoms with Crippen LogP contribution in [-0.4, -0.2) is 224 Å². The first kappa shape index (κ1) is 81.8. The number of likely N-dealkylation sites (tertiary alicyclic amines) is 5. The Bertz CT molecular complexity index is 1710. The van der Waals surface area contributed by atoms with Crippen molar-refractivity contribution in [2.75, 3.05) is 91.8 Å². The Kier molecular flexibility index (Phi) is 34.0. The molecule has 4 bridgehead atoms. The van der Waals surface area contributed by atoms with Gasteiger partial charge in [0.1, 0.15) is 0 Å². The number of hydrogen-bond donors (Lipinski definition) is 0. The van der Waals surface area contributed by atoms with E-state index >= 15 is 0 Å². The lowest BCUT2D eigenvalue weighted by atomic mass is 9.95. The second-order valence-corrected chi connectivity index (χ2v) is 36.9. The largest absolute Gasteiger partial charge is 0.376 e. The molecule has 10 rings (SSSR count). The summed E-state index contributed by atoms with van der Waals surface area (Å²) in [4.78, 5) is 20.7. The summed E-state index contributed by atoms with van der Waals surface area (Å²) in [5.41, 5.74) is 2.90. The molecule has 10 saturated heterocycles. The van der Waals surface area contributed by atoms with E-state index in [1.165, 1.54) is 161 Å². The SMILES string of the molecule is CC(C)(C)N1C2CCCC1CC2.CC(C)(C)N1CC2CCC(C1)O2.CC(C)(C)N1CCCCC1.CC(C)(C)N1CCCCC1.C[C@@H]1CCCCN1C(C)(C)C.C[C@@H]1CN(C(C)(C)C)CCO1.C[C@H]1CCCCN1C(C)(C)C.C[C@H]1CN(C(C)(C)C)CCO1. The quantitative estimate of drug-likeness (QED) is 0.233. The third-order valence-corrected chi connectivity index (χ3v) is 20.8. The van der Waals surface area contributed by atoms with Crippen molar-refractivity contribution in [3.05, 3.63) is 0 Å². The van der Waals surface area contributed by atoms with Crippen molar-refractivity contribution in [1.29, 1.82) is 0 Å². The second-order valence-electron chi connectivity index (χ2n) is 36.9. The number of fused-ring (bicyclic) bond motifs is 4. The Morgan fingerprint density at radius 3 is 0.807 bits per heavy atom. The average molecular weight is 1240 g/mol. The maximum atomic E-state index is 5.78. The van der Waals surface area contributed by atoms with Crippen LogP contribution < -0.4 is 0 Å².